The molecular weight excluding hydrogens is 220 g/mol. The predicted molar refractivity (Wildman–Crippen MR) is 66.0 cm³/mol. The van der Waals surface area contributed by atoms with Crippen molar-refractivity contribution in [3.05, 3.63) is 23.8 Å². The van der Waals surface area contributed by atoms with Crippen LogP contribution in [0.3, 0.4) is 0 Å². The van der Waals surface area contributed by atoms with Gasteiger partial charge in [-0.2, -0.15) is 0 Å². The molecule has 1 unspecified atom stereocenters. The van der Waals surface area contributed by atoms with E-state index in [0.717, 1.165) is 6.42 Å². The number of ether oxygens (including phenoxy) is 2. The highest BCUT2D eigenvalue weighted by Gasteiger charge is 2.12. The maximum atomic E-state index is 11.2. The lowest BCUT2D eigenvalue weighted by atomic mass is 10.1. The largest absolute Gasteiger partial charge is 0.490 e. The zero-order valence-electron chi connectivity index (χ0n) is 10.1. The smallest absolute Gasteiger partial charge is 0.252 e. The summed E-state index contributed by atoms with van der Waals surface area (Å²) in [5.74, 6) is -0.111. The lowest BCUT2D eigenvalue weighted by Crippen LogP contribution is -2.18. The van der Waals surface area contributed by atoms with Crippen LogP contribution in [0.2, 0.25) is 0 Å². The van der Waals surface area contributed by atoms with E-state index in [0.29, 0.717) is 23.6 Å². The lowest BCUT2D eigenvalue weighted by Gasteiger charge is -2.16. The fraction of sp³-hybridized carbons (Fsp3) is 0.417. The Hall–Kier alpha value is -1.75. The van der Waals surface area contributed by atoms with Crippen molar-refractivity contribution in [2.75, 3.05) is 19.5 Å². The minimum atomic E-state index is -0.529. The van der Waals surface area contributed by atoms with Crippen molar-refractivity contribution in [1.29, 1.82) is 0 Å². The Bertz CT molecular complexity index is 393. The number of hydrogen-bond donors (Lipinski definition) is 2. The maximum absolute atomic E-state index is 11.2. The molecule has 94 valence electrons. The van der Waals surface area contributed by atoms with Gasteiger partial charge in [0.1, 0.15) is 5.75 Å². The molecule has 0 aliphatic carbocycles. The Morgan fingerprint density at radius 3 is 2.76 bits per heavy atom. The average molecular weight is 238 g/mol. The van der Waals surface area contributed by atoms with Gasteiger partial charge in [-0.1, -0.05) is 0 Å². The van der Waals surface area contributed by atoms with Crippen molar-refractivity contribution in [1.82, 2.24) is 0 Å². The summed E-state index contributed by atoms with van der Waals surface area (Å²) in [4.78, 5) is 11.2. The number of primary amides is 1. The summed E-state index contributed by atoms with van der Waals surface area (Å²) in [7, 11) is 1.63. The van der Waals surface area contributed by atoms with Gasteiger partial charge in [-0.3, -0.25) is 4.79 Å². The highest BCUT2D eigenvalue weighted by Crippen LogP contribution is 2.23. The second-order valence-corrected chi connectivity index (χ2v) is 3.83. The van der Waals surface area contributed by atoms with Gasteiger partial charge in [-0.15, -0.1) is 0 Å². The Morgan fingerprint density at radius 1 is 1.47 bits per heavy atom. The van der Waals surface area contributed by atoms with E-state index < -0.39 is 5.91 Å². The van der Waals surface area contributed by atoms with Crippen LogP contribution in [0.1, 0.15) is 23.7 Å². The number of carbonyl (C=O) groups excluding carboxylic acids is 1. The standard InChI is InChI=1S/C12H18N2O3/c1-8(5-6-16-2)17-11-7-9(13)3-4-10(11)12(14)15/h3-4,7-8H,5-6,13H2,1-2H3,(H2,14,15). The van der Waals surface area contributed by atoms with E-state index in [1.165, 1.54) is 0 Å². The maximum Gasteiger partial charge on any atom is 0.252 e. The molecule has 0 aliphatic rings. The normalized spacial score (nSPS) is 12.1. The molecule has 1 amide bonds. The molecule has 1 atom stereocenters. The molecule has 5 nitrogen and oxygen atoms in total. The number of rotatable bonds is 6. The number of carbonyl (C=O) groups is 1. The Kier molecular flexibility index (Phi) is 4.78. The van der Waals surface area contributed by atoms with E-state index in [-0.39, 0.29) is 6.10 Å². The van der Waals surface area contributed by atoms with E-state index >= 15 is 0 Å². The minimum Gasteiger partial charge on any atom is -0.490 e. The van der Waals surface area contributed by atoms with Crippen LogP contribution >= 0.6 is 0 Å². The SMILES string of the molecule is COCCC(C)Oc1cc(N)ccc1C(N)=O. The Morgan fingerprint density at radius 2 is 2.18 bits per heavy atom. The molecule has 1 aromatic rings. The molecule has 0 fully saturated rings. The first-order valence-corrected chi connectivity index (χ1v) is 5.39. The quantitative estimate of drug-likeness (QED) is 0.728. The molecule has 0 aliphatic heterocycles. The Labute approximate surface area is 101 Å². The first-order chi connectivity index (χ1) is 8.04. The molecule has 5 heteroatoms. The molecule has 17 heavy (non-hydrogen) atoms. The number of methoxy groups -OCH3 is 1. The average Bonchev–Trinajstić information content (AvgIpc) is 2.26. The predicted octanol–water partition coefficient (Wildman–Crippen LogP) is 1.17. The summed E-state index contributed by atoms with van der Waals surface area (Å²) in [5, 5.41) is 0. The first-order valence-electron chi connectivity index (χ1n) is 5.39. The number of hydrogen-bond acceptors (Lipinski definition) is 4. The van der Waals surface area contributed by atoms with Gasteiger partial charge >= 0.3 is 0 Å². The second-order valence-electron chi connectivity index (χ2n) is 3.83. The first kappa shape index (κ1) is 13.3. The third-order valence-corrected chi connectivity index (χ3v) is 2.33. The number of nitrogens with two attached hydrogens (primary N) is 2. The molecule has 0 bridgehead atoms. The summed E-state index contributed by atoms with van der Waals surface area (Å²) in [6.07, 6.45) is 0.651. The zero-order valence-corrected chi connectivity index (χ0v) is 10.1. The molecule has 1 rings (SSSR count). The molecule has 0 saturated carbocycles. The van der Waals surface area contributed by atoms with Gasteiger partial charge in [0.2, 0.25) is 0 Å². The van der Waals surface area contributed by atoms with Gasteiger partial charge in [-0.25, -0.2) is 0 Å². The van der Waals surface area contributed by atoms with Crippen LogP contribution in [-0.4, -0.2) is 25.7 Å². The van der Waals surface area contributed by atoms with Crippen molar-refractivity contribution in [2.24, 2.45) is 5.73 Å². The topological polar surface area (TPSA) is 87.6 Å². The zero-order chi connectivity index (χ0) is 12.8. The van der Waals surface area contributed by atoms with Gasteiger partial charge in [0.05, 0.1) is 11.7 Å². The van der Waals surface area contributed by atoms with E-state index in [1.807, 2.05) is 6.92 Å². The van der Waals surface area contributed by atoms with Gasteiger partial charge in [0, 0.05) is 31.9 Å². The van der Waals surface area contributed by atoms with Crippen molar-refractivity contribution >= 4 is 11.6 Å². The highest BCUT2D eigenvalue weighted by atomic mass is 16.5. The van der Waals surface area contributed by atoms with Gasteiger partial charge in [0.25, 0.3) is 5.91 Å². The van der Waals surface area contributed by atoms with Crippen LogP contribution in [0, 0.1) is 0 Å². The Balaban J connectivity index is 2.81. The minimum absolute atomic E-state index is 0.0742. The van der Waals surface area contributed by atoms with E-state index in [9.17, 15) is 4.79 Å². The van der Waals surface area contributed by atoms with Crippen molar-refractivity contribution in [3.8, 4) is 5.75 Å². The van der Waals surface area contributed by atoms with Crippen LogP contribution < -0.4 is 16.2 Å². The molecule has 4 N–H and O–H groups in total. The molecule has 1 aromatic carbocycles. The fourth-order valence-electron chi connectivity index (χ4n) is 1.40. The summed E-state index contributed by atoms with van der Waals surface area (Å²) < 4.78 is 10.6. The molecule has 0 saturated heterocycles. The van der Waals surface area contributed by atoms with Crippen molar-refractivity contribution in [2.45, 2.75) is 19.4 Å². The number of amides is 1. The molecule has 0 heterocycles. The summed E-state index contributed by atoms with van der Waals surface area (Å²) >= 11 is 0. The summed E-state index contributed by atoms with van der Waals surface area (Å²) in [6.45, 7) is 2.49. The third-order valence-electron chi connectivity index (χ3n) is 2.33. The number of anilines is 1. The molecule has 0 aromatic heterocycles. The molecule has 0 spiro atoms. The summed E-state index contributed by atoms with van der Waals surface area (Å²) in [6, 6.07) is 4.78. The van der Waals surface area contributed by atoms with E-state index in [1.54, 1.807) is 25.3 Å². The van der Waals surface area contributed by atoms with Crippen molar-refractivity contribution in [3.63, 3.8) is 0 Å². The van der Waals surface area contributed by atoms with Gasteiger partial charge in [-0.05, 0) is 19.1 Å². The fourth-order valence-corrected chi connectivity index (χ4v) is 1.40. The third kappa shape index (κ3) is 3.96. The molecule has 0 radical (unpaired) electrons. The van der Waals surface area contributed by atoms with Crippen LogP contribution in [0.5, 0.6) is 5.75 Å². The number of nitrogen functional groups attached to an aromatic ring is 1. The van der Waals surface area contributed by atoms with E-state index in [4.69, 9.17) is 20.9 Å². The van der Waals surface area contributed by atoms with E-state index in [2.05, 4.69) is 0 Å². The highest BCUT2D eigenvalue weighted by molar-refractivity contribution is 5.96. The lowest BCUT2D eigenvalue weighted by molar-refractivity contribution is 0.0989. The van der Waals surface area contributed by atoms with Gasteiger partial charge in [0.15, 0.2) is 0 Å². The van der Waals surface area contributed by atoms with Crippen LogP contribution in [-0.2, 0) is 4.74 Å². The number of benzene rings is 1. The van der Waals surface area contributed by atoms with Crippen molar-refractivity contribution < 1.29 is 14.3 Å². The molecular formula is C12H18N2O3. The van der Waals surface area contributed by atoms with Crippen LogP contribution in [0.15, 0.2) is 18.2 Å². The van der Waals surface area contributed by atoms with Gasteiger partial charge < -0.3 is 20.9 Å². The van der Waals surface area contributed by atoms with Crippen LogP contribution in [0.25, 0.3) is 0 Å². The second kappa shape index (κ2) is 6.10. The van der Waals surface area contributed by atoms with Crippen LogP contribution in [0.4, 0.5) is 5.69 Å². The summed E-state index contributed by atoms with van der Waals surface area (Å²) in [5.41, 5.74) is 11.8. The monoisotopic (exact) mass is 238 g/mol.